The number of nitrogens with zero attached hydrogens (tertiary/aromatic N) is 2. The highest BCUT2D eigenvalue weighted by Gasteiger charge is 2.21. The molecule has 0 aliphatic carbocycles. The first-order valence-corrected chi connectivity index (χ1v) is 9.84. The Balaban J connectivity index is 2.00. The summed E-state index contributed by atoms with van der Waals surface area (Å²) in [5, 5.41) is 11.4. The quantitative estimate of drug-likeness (QED) is 0.553. The van der Waals surface area contributed by atoms with Gasteiger partial charge in [0.2, 0.25) is 5.13 Å². The molecule has 2 aromatic rings. The summed E-state index contributed by atoms with van der Waals surface area (Å²) in [4.78, 5) is 12.5. The van der Waals surface area contributed by atoms with E-state index in [-0.39, 0.29) is 5.91 Å². The van der Waals surface area contributed by atoms with Crippen molar-refractivity contribution in [2.75, 3.05) is 11.1 Å². The number of aryl methyl sites for hydroxylation is 2. The van der Waals surface area contributed by atoms with Gasteiger partial charge in [-0.25, -0.2) is 0 Å². The maximum atomic E-state index is 12.5. The summed E-state index contributed by atoms with van der Waals surface area (Å²) >= 11 is 3.05. The topological polar surface area (TPSA) is 64.1 Å². The number of nitrogens with one attached hydrogen (secondary N) is 1. The molecule has 1 atom stereocenters. The first kappa shape index (κ1) is 18.7. The highest BCUT2D eigenvalue weighted by molar-refractivity contribution is 8.01. The molecule has 7 heteroatoms. The fraction of sp³-hybridized carbons (Fsp3) is 0.471. The third-order valence-electron chi connectivity index (χ3n) is 3.34. The molecule has 1 amide bonds. The summed E-state index contributed by atoms with van der Waals surface area (Å²) in [6, 6.07) is 5.98. The van der Waals surface area contributed by atoms with Crippen LogP contribution in [0.2, 0.25) is 0 Å². The molecule has 0 aliphatic rings. The number of carbonyl (C=O) groups is 1. The van der Waals surface area contributed by atoms with Gasteiger partial charge in [0, 0.05) is 5.75 Å². The molecule has 1 heterocycles. The van der Waals surface area contributed by atoms with Gasteiger partial charge in [-0.05, 0) is 43.9 Å². The van der Waals surface area contributed by atoms with Crippen LogP contribution in [0, 0.1) is 13.8 Å². The monoisotopic (exact) mass is 365 g/mol. The van der Waals surface area contributed by atoms with Crippen LogP contribution in [0.3, 0.4) is 0 Å². The molecule has 0 fully saturated rings. The number of carbonyl (C=O) groups excluding carboxylic acids is 1. The highest BCUT2D eigenvalue weighted by Crippen LogP contribution is 2.26. The molecule has 0 bridgehead atoms. The van der Waals surface area contributed by atoms with E-state index in [4.69, 9.17) is 4.74 Å². The lowest BCUT2D eigenvalue weighted by Crippen LogP contribution is -2.32. The number of anilines is 1. The van der Waals surface area contributed by atoms with Crippen molar-refractivity contribution in [1.82, 2.24) is 10.2 Å². The van der Waals surface area contributed by atoms with Crippen molar-refractivity contribution in [3.63, 3.8) is 0 Å². The Morgan fingerprint density at radius 3 is 2.83 bits per heavy atom. The molecule has 0 radical (unpaired) electrons. The zero-order valence-electron chi connectivity index (χ0n) is 14.5. The molecular formula is C17H23N3O2S2. The van der Waals surface area contributed by atoms with Crippen molar-refractivity contribution >= 4 is 34.1 Å². The minimum Gasteiger partial charge on any atom is -0.480 e. The molecule has 0 spiro atoms. The Morgan fingerprint density at radius 1 is 1.33 bits per heavy atom. The highest BCUT2D eigenvalue weighted by atomic mass is 32.2. The van der Waals surface area contributed by atoms with Crippen molar-refractivity contribution in [1.29, 1.82) is 0 Å². The molecule has 130 valence electrons. The van der Waals surface area contributed by atoms with Crippen molar-refractivity contribution in [3.8, 4) is 5.75 Å². The molecule has 5 nitrogen and oxygen atoms in total. The second-order valence-electron chi connectivity index (χ2n) is 5.49. The Labute approximate surface area is 151 Å². The lowest BCUT2D eigenvalue weighted by molar-refractivity contribution is -0.122. The van der Waals surface area contributed by atoms with E-state index in [0.29, 0.717) is 11.6 Å². The SMILES string of the molecule is CCCSc1nnc(NC(=O)C(CC)Oc2cc(C)ccc2C)s1. The molecule has 0 saturated heterocycles. The summed E-state index contributed by atoms with van der Waals surface area (Å²) in [7, 11) is 0. The number of rotatable bonds is 8. The Bertz CT molecular complexity index is 688. The van der Waals surface area contributed by atoms with Crippen LogP contribution >= 0.6 is 23.1 Å². The lowest BCUT2D eigenvalue weighted by atomic mass is 10.1. The molecule has 2 rings (SSSR count). The van der Waals surface area contributed by atoms with Crippen molar-refractivity contribution in [2.45, 2.75) is 51.0 Å². The zero-order chi connectivity index (χ0) is 17.5. The average Bonchev–Trinajstić information content (AvgIpc) is 3.00. The van der Waals surface area contributed by atoms with Gasteiger partial charge in [-0.2, -0.15) is 0 Å². The van der Waals surface area contributed by atoms with Gasteiger partial charge in [-0.3, -0.25) is 10.1 Å². The fourth-order valence-corrected chi connectivity index (χ4v) is 3.68. The Hall–Kier alpha value is -1.60. The second kappa shape index (κ2) is 9.03. The van der Waals surface area contributed by atoms with Gasteiger partial charge in [0.15, 0.2) is 10.4 Å². The Kier molecular flexibility index (Phi) is 7.05. The number of thioether (sulfide) groups is 1. The van der Waals surface area contributed by atoms with Gasteiger partial charge in [0.05, 0.1) is 0 Å². The molecule has 0 saturated carbocycles. The number of ether oxygens (including phenoxy) is 1. The minimum absolute atomic E-state index is 0.193. The van der Waals surface area contributed by atoms with E-state index >= 15 is 0 Å². The number of benzene rings is 1. The lowest BCUT2D eigenvalue weighted by Gasteiger charge is -2.18. The summed E-state index contributed by atoms with van der Waals surface area (Å²) in [5.41, 5.74) is 2.12. The van der Waals surface area contributed by atoms with Gasteiger partial charge < -0.3 is 4.74 Å². The molecule has 1 N–H and O–H groups in total. The normalized spacial score (nSPS) is 12.0. The predicted octanol–water partition coefficient (Wildman–Crippen LogP) is 4.45. The van der Waals surface area contributed by atoms with Crippen LogP contribution in [0.25, 0.3) is 0 Å². The van der Waals surface area contributed by atoms with E-state index in [1.165, 1.54) is 11.3 Å². The number of hydrogen-bond acceptors (Lipinski definition) is 6. The van der Waals surface area contributed by atoms with Gasteiger partial charge in [0.25, 0.3) is 5.91 Å². The first-order valence-electron chi connectivity index (χ1n) is 8.04. The third kappa shape index (κ3) is 5.21. The van der Waals surface area contributed by atoms with E-state index < -0.39 is 6.10 Å². The molecular weight excluding hydrogens is 342 g/mol. The maximum absolute atomic E-state index is 12.5. The first-order chi connectivity index (χ1) is 11.5. The third-order valence-corrected chi connectivity index (χ3v) is 5.52. The van der Waals surface area contributed by atoms with E-state index in [0.717, 1.165) is 33.4 Å². The van der Waals surface area contributed by atoms with Crippen LogP contribution in [0.1, 0.15) is 37.8 Å². The molecule has 24 heavy (non-hydrogen) atoms. The average molecular weight is 366 g/mol. The van der Waals surface area contributed by atoms with E-state index in [2.05, 4.69) is 22.4 Å². The van der Waals surface area contributed by atoms with Crippen LogP contribution in [0.15, 0.2) is 22.5 Å². The Morgan fingerprint density at radius 2 is 2.12 bits per heavy atom. The fourth-order valence-electron chi connectivity index (χ4n) is 2.00. The number of hydrogen-bond donors (Lipinski definition) is 1. The second-order valence-corrected chi connectivity index (χ2v) is 7.81. The molecule has 1 aromatic carbocycles. The predicted molar refractivity (Wildman–Crippen MR) is 100 cm³/mol. The summed E-state index contributed by atoms with van der Waals surface area (Å²) in [6.45, 7) is 8.02. The molecule has 0 aliphatic heterocycles. The van der Waals surface area contributed by atoms with Gasteiger partial charge in [0.1, 0.15) is 5.75 Å². The maximum Gasteiger partial charge on any atom is 0.267 e. The summed E-state index contributed by atoms with van der Waals surface area (Å²) in [6.07, 6.45) is 1.10. The minimum atomic E-state index is -0.554. The standard InChI is InChI=1S/C17H23N3O2S2/c1-5-9-23-17-20-19-16(24-17)18-15(21)13(6-2)22-14-10-11(3)7-8-12(14)4/h7-8,10,13H,5-6,9H2,1-4H3,(H,18,19,21). The van der Waals surface area contributed by atoms with E-state index in [1.807, 2.05) is 39.0 Å². The van der Waals surface area contributed by atoms with Gasteiger partial charge in [-0.1, -0.05) is 49.1 Å². The van der Waals surface area contributed by atoms with Crippen molar-refractivity contribution < 1.29 is 9.53 Å². The van der Waals surface area contributed by atoms with Gasteiger partial charge in [-0.15, -0.1) is 10.2 Å². The number of aromatic nitrogens is 2. The van der Waals surface area contributed by atoms with Crippen molar-refractivity contribution in [2.24, 2.45) is 0 Å². The largest absolute Gasteiger partial charge is 0.480 e. The van der Waals surface area contributed by atoms with Crippen LogP contribution < -0.4 is 10.1 Å². The zero-order valence-corrected chi connectivity index (χ0v) is 16.1. The summed E-state index contributed by atoms with van der Waals surface area (Å²) < 4.78 is 6.79. The van der Waals surface area contributed by atoms with Gasteiger partial charge >= 0.3 is 0 Å². The van der Waals surface area contributed by atoms with E-state index in [1.54, 1.807) is 11.8 Å². The van der Waals surface area contributed by atoms with Crippen LogP contribution in [-0.4, -0.2) is 28.0 Å². The smallest absolute Gasteiger partial charge is 0.267 e. The van der Waals surface area contributed by atoms with Crippen molar-refractivity contribution in [3.05, 3.63) is 29.3 Å². The van der Waals surface area contributed by atoms with Crippen LogP contribution in [0.4, 0.5) is 5.13 Å². The van der Waals surface area contributed by atoms with Crippen LogP contribution in [0.5, 0.6) is 5.75 Å². The molecule has 1 aromatic heterocycles. The molecule has 1 unspecified atom stereocenters. The number of amides is 1. The summed E-state index contributed by atoms with van der Waals surface area (Å²) in [5.74, 6) is 1.55. The van der Waals surface area contributed by atoms with E-state index in [9.17, 15) is 4.79 Å². The van der Waals surface area contributed by atoms with Crippen LogP contribution in [-0.2, 0) is 4.79 Å².